The highest BCUT2D eigenvalue weighted by molar-refractivity contribution is 6.11. The van der Waals surface area contributed by atoms with Crippen LogP contribution in [0.1, 0.15) is 0 Å². The molecule has 0 aliphatic carbocycles. The molecule has 3 aromatic heterocycles. The molecule has 0 aliphatic rings. The Morgan fingerprint density at radius 1 is 0.242 bits per heavy atom. The zero-order valence-corrected chi connectivity index (χ0v) is 33.4. The minimum absolute atomic E-state index is 0.556. The van der Waals surface area contributed by atoms with Gasteiger partial charge in [0.2, 0.25) is 0 Å². The summed E-state index contributed by atoms with van der Waals surface area (Å²) in [7, 11) is 0. The number of para-hydroxylation sites is 4. The van der Waals surface area contributed by atoms with Crippen molar-refractivity contribution in [2.45, 2.75) is 0 Å². The quantitative estimate of drug-likeness (QED) is 0.161. The summed E-state index contributed by atoms with van der Waals surface area (Å²) in [5.41, 5.74) is 14.4. The largest absolute Gasteiger partial charge is 0.455 e. The van der Waals surface area contributed by atoms with Crippen LogP contribution in [0.15, 0.2) is 221 Å². The van der Waals surface area contributed by atoms with Gasteiger partial charge in [-0.25, -0.2) is 15.0 Å². The average Bonchev–Trinajstić information content (AvgIpc) is 3.93. The van der Waals surface area contributed by atoms with Crippen LogP contribution in [0.3, 0.4) is 0 Å². The zero-order valence-electron chi connectivity index (χ0n) is 33.4. The van der Waals surface area contributed by atoms with Gasteiger partial charge in [-0.1, -0.05) is 182 Å². The molecule has 0 fully saturated rings. The van der Waals surface area contributed by atoms with Crippen molar-refractivity contribution in [1.82, 2.24) is 15.0 Å². The predicted octanol–water partition coefficient (Wildman–Crippen LogP) is 15.3. The number of hydrogen-bond acceptors (Lipinski definition) is 5. The van der Waals surface area contributed by atoms with Gasteiger partial charge >= 0.3 is 0 Å². The predicted molar refractivity (Wildman–Crippen MR) is 252 cm³/mol. The van der Waals surface area contributed by atoms with Crippen molar-refractivity contribution in [2.75, 3.05) is 0 Å². The summed E-state index contributed by atoms with van der Waals surface area (Å²) >= 11 is 0. The first kappa shape index (κ1) is 35.5. The van der Waals surface area contributed by atoms with E-state index in [2.05, 4.69) is 176 Å². The minimum atomic E-state index is 0.556. The Labute approximate surface area is 357 Å². The van der Waals surface area contributed by atoms with E-state index in [4.69, 9.17) is 23.8 Å². The summed E-state index contributed by atoms with van der Waals surface area (Å²) < 4.78 is 13.2. The lowest BCUT2D eigenvalue weighted by Crippen LogP contribution is -2.01. The van der Waals surface area contributed by atoms with Crippen molar-refractivity contribution >= 4 is 43.9 Å². The van der Waals surface area contributed by atoms with Crippen LogP contribution in [0.25, 0.3) is 123 Å². The summed E-state index contributed by atoms with van der Waals surface area (Å²) in [6.07, 6.45) is 0. The molecule has 290 valence electrons. The third kappa shape index (κ3) is 6.23. The van der Waals surface area contributed by atoms with E-state index >= 15 is 0 Å². The molecule has 0 atom stereocenters. The molecule has 0 saturated heterocycles. The van der Waals surface area contributed by atoms with Crippen LogP contribution < -0.4 is 0 Å². The van der Waals surface area contributed by atoms with Gasteiger partial charge in [0.1, 0.15) is 22.3 Å². The van der Waals surface area contributed by atoms with E-state index in [9.17, 15) is 0 Å². The first-order chi connectivity index (χ1) is 30.7. The second-order valence-electron chi connectivity index (χ2n) is 15.6. The third-order valence-electron chi connectivity index (χ3n) is 11.8. The number of furan rings is 2. The molecule has 0 spiro atoms. The summed E-state index contributed by atoms with van der Waals surface area (Å²) in [5, 5.41) is 4.28. The topological polar surface area (TPSA) is 65.0 Å². The van der Waals surface area contributed by atoms with Crippen LogP contribution in [-0.4, -0.2) is 15.0 Å². The molecular formula is C57H35N3O2. The molecule has 5 heteroatoms. The molecule has 0 unspecified atom stereocenters. The van der Waals surface area contributed by atoms with Crippen LogP contribution in [0.2, 0.25) is 0 Å². The maximum absolute atomic E-state index is 6.62. The van der Waals surface area contributed by atoms with Gasteiger partial charge in [0, 0.05) is 49.4 Å². The fraction of sp³-hybridized carbons (Fsp3) is 0. The maximum Gasteiger partial charge on any atom is 0.164 e. The number of rotatable bonds is 7. The molecule has 0 saturated carbocycles. The fourth-order valence-corrected chi connectivity index (χ4v) is 8.66. The van der Waals surface area contributed by atoms with E-state index in [1.54, 1.807) is 0 Å². The van der Waals surface area contributed by atoms with Crippen molar-refractivity contribution < 1.29 is 8.83 Å². The Bertz CT molecular complexity index is 3380. The van der Waals surface area contributed by atoms with Gasteiger partial charge < -0.3 is 8.83 Å². The molecule has 0 amide bonds. The van der Waals surface area contributed by atoms with Crippen LogP contribution in [0, 0.1) is 0 Å². The fourth-order valence-electron chi connectivity index (χ4n) is 8.66. The van der Waals surface area contributed by atoms with Crippen molar-refractivity contribution in [1.29, 1.82) is 0 Å². The number of benzene rings is 9. The zero-order chi connectivity index (χ0) is 41.0. The highest BCUT2D eigenvalue weighted by Crippen LogP contribution is 2.42. The Hall–Kier alpha value is -8.41. The van der Waals surface area contributed by atoms with Gasteiger partial charge in [0.15, 0.2) is 17.5 Å². The summed E-state index contributed by atoms with van der Waals surface area (Å²) in [5.74, 6) is 1.73. The van der Waals surface area contributed by atoms with E-state index in [1.165, 1.54) is 0 Å². The summed E-state index contributed by atoms with van der Waals surface area (Å²) in [4.78, 5) is 15.7. The summed E-state index contributed by atoms with van der Waals surface area (Å²) in [6.45, 7) is 0. The summed E-state index contributed by atoms with van der Waals surface area (Å²) in [6, 6.07) is 73.3. The van der Waals surface area contributed by atoms with Crippen molar-refractivity contribution in [3.8, 4) is 78.7 Å². The van der Waals surface area contributed by atoms with Crippen molar-refractivity contribution in [3.63, 3.8) is 0 Å². The van der Waals surface area contributed by atoms with Gasteiger partial charge in [-0.05, 0) is 63.7 Å². The number of aromatic nitrogens is 3. The highest BCUT2D eigenvalue weighted by atomic mass is 16.3. The molecule has 12 rings (SSSR count). The Kier molecular flexibility index (Phi) is 8.42. The Balaban J connectivity index is 1.08. The second kappa shape index (κ2) is 14.7. The van der Waals surface area contributed by atoms with Crippen LogP contribution in [0.4, 0.5) is 0 Å². The lowest BCUT2D eigenvalue weighted by atomic mass is 9.94. The lowest BCUT2D eigenvalue weighted by molar-refractivity contribution is 0.670. The highest BCUT2D eigenvalue weighted by Gasteiger charge is 2.20. The molecular weight excluding hydrogens is 759 g/mol. The molecule has 9 aromatic carbocycles. The van der Waals surface area contributed by atoms with E-state index in [0.29, 0.717) is 17.5 Å². The van der Waals surface area contributed by atoms with E-state index in [1.807, 2.05) is 36.4 Å². The average molecular weight is 794 g/mol. The van der Waals surface area contributed by atoms with Gasteiger partial charge in [-0.15, -0.1) is 0 Å². The smallest absolute Gasteiger partial charge is 0.164 e. The molecule has 3 heterocycles. The van der Waals surface area contributed by atoms with Crippen LogP contribution in [-0.2, 0) is 0 Å². The second-order valence-corrected chi connectivity index (χ2v) is 15.6. The third-order valence-corrected chi connectivity index (χ3v) is 11.8. The van der Waals surface area contributed by atoms with Gasteiger partial charge in [0.25, 0.3) is 0 Å². The normalized spacial score (nSPS) is 11.5. The van der Waals surface area contributed by atoms with Crippen molar-refractivity contribution in [2.24, 2.45) is 0 Å². The van der Waals surface area contributed by atoms with Gasteiger partial charge in [0.05, 0.1) is 0 Å². The van der Waals surface area contributed by atoms with Gasteiger partial charge in [-0.3, -0.25) is 0 Å². The molecule has 12 aromatic rings. The number of fused-ring (bicyclic) bond motifs is 6. The molecule has 0 radical (unpaired) electrons. The molecule has 0 bridgehead atoms. The molecule has 0 aliphatic heterocycles. The number of hydrogen-bond donors (Lipinski definition) is 0. The SMILES string of the molecule is c1ccc(-c2ccc(-c3nc(-c4ccc(-c5ccccc5)cc4)nc(-c4cc(-c5cccc6c5oc5ccccc56)cc(-c5cccc6c5oc5ccccc56)c4)n3)cc2)cc1. The van der Waals surface area contributed by atoms with Gasteiger partial charge in [-0.2, -0.15) is 0 Å². The van der Waals surface area contributed by atoms with E-state index in [-0.39, 0.29) is 0 Å². The Morgan fingerprint density at radius 3 is 1.03 bits per heavy atom. The monoisotopic (exact) mass is 793 g/mol. The van der Waals surface area contributed by atoms with E-state index < -0.39 is 0 Å². The standard InChI is InChI=1S/C57H35N3O2/c1-3-13-36(14-4-1)38-25-29-40(30-26-38)55-58-56(41-31-27-39(28-32-41)37-15-5-2-6-16-37)60-57(59-55)44-34-42(45-19-11-21-49-47-17-7-9-23-51(47)61-53(45)49)33-43(35-44)46-20-12-22-50-48-18-8-10-24-52(48)62-54(46)50/h1-35H. The first-order valence-electron chi connectivity index (χ1n) is 20.7. The van der Waals surface area contributed by atoms with E-state index in [0.717, 1.165) is 105 Å². The minimum Gasteiger partial charge on any atom is -0.455 e. The van der Waals surface area contributed by atoms with Crippen LogP contribution in [0.5, 0.6) is 0 Å². The van der Waals surface area contributed by atoms with Crippen molar-refractivity contribution in [3.05, 3.63) is 212 Å². The molecule has 5 nitrogen and oxygen atoms in total. The lowest BCUT2D eigenvalue weighted by Gasteiger charge is -2.13. The molecule has 62 heavy (non-hydrogen) atoms. The maximum atomic E-state index is 6.62. The Morgan fingerprint density at radius 2 is 0.581 bits per heavy atom. The number of nitrogens with zero attached hydrogens (tertiary/aromatic N) is 3. The first-order valence-corrected chi connectivity index (χ1v) is 20.7. The molecule has 0 N–H and O–H groups in total. The van der Waals surface area contributed by atoms with Crippen LogP contribution >= 0.6 is 0 Å².